The largest absolute Gasteiger partial charge is 0.367 e. The number of carbonyl (C=O) groups is 1. The second-order valence-corrected chi connectivity index (χ2v) is 5.21. The Bertz CT molecular complexity index is 408. The molecule has 3 N–H and O–H groups in total. The molecule has 1 saturated carbocycles. The number of hydrogen-bond donors (Lipinski definition) is 2. The first-order valence-electron chi connectivity index (χ1n) is 6.81. The Labute approximate surface area is 114 Å². The van der Waals surface area contributed by atoms with Gasteiger partial charge in [0, 0.05) is 19.7 Å². The lowest BCUT2D eigenvalue weighted by atomic mass is 10.1. The highest BCUT2D eigenvalue weighted by atomic mass is 16.5. The second kappa shape index (κ2) is 6.68. The topological polar surface area (TPSA) is 64.3 Å². The number of nitrogens with two attached hydrogens (primary N) is 1. The summed E-state index contributed by atoms with van der Waals surface area (Å²) in [4.78, 5) is 12.1. The Morgan fingerprint density at radius 3 is 2.74 bits per heavy atom. The number of nitrogens with one attached hydrogen (secondary N) is 1. The molecule has 4 nitrogen and oxygen atoms in total. The molecule has 4 heteroatoms. The molecule has 1 amide bonds. The van der Waals surface area contributed by atoms with Gasteiger partial charge in [0.05, 0.1) is 0 Å². The van der Waals surface area contributed by atoms with E-state index in [4.69, 9.17) is 10.5 Å². The molecule has 1 aromatic carbocycles. The molecule has 0 radical (unpaired) electrons. The van der Waals surface area contributed by atoms with Crippen molar-refractivity contribution in [3.63, 3.8) is 0 Å². The normalized spacial score (nSPS) is 24.1. The van der Waals surface area contributed by atoms with E-state index in [0.29, 0.717) is 18.5 Å². The van der Waals surface area contributed by atoms with E-state index in [1.165, 1.54) is 0 Å². The van der Waals surface area contributed by atoms with Crippen molar-refractivity contribution in [2.75, 3.05) is 13.7 Å². The van der Waals surface area contributed by atoms with Crippen LogP contribution >= 0.6 is 0 Å². The number of carbonyl (C=O) groups excluding carboxylic acids is 1. The highest BCUT2D eigenvalue weighted by Crippen LogP contribution is 2.23. The van der Waals surface area contributed by atoms with Crippen LogP contribution in [0.5, 0.6) is 0 Å². The summed E-state index contributed by atoms with van der Waals surface area (Å²) < 4.78 is 5.30. The molecule has 0 aromatic heterocycles. The van der Waals surface area contributed by atoms with Gasteiger partial charge in [0.1, 0.15) is 0 Å². The highest BCUT2D eigenvalue weighted by Gasteiger charge is 2.24. The van der Waals surface area contributed by atoms with Crippen LogP contribution < -0.4 is 11.1 Å². The fraction of sp³-hybridized carbons (Fsp3) is 0.533. The zero-order valence-corrected chi connectivity index (χ0v) is 11.3. The van der Waals surface area contributed by atoms with Crippen LogP contribution in [0, 0.1) is 5.92 Å². The third-order valence-corrected chi connectivity index (χ3v) is 3.72. The van der Waals surface area contributed by atoms with Crippen molar-refractivity contribution in [2.24, 2.45) is 11.7 Å². The first-order chi connectivity index (χ1) is 9.20. The first kappa shape index (κ1) is 14.0. The van der Waals surface area contributed by atoms with Gasteiger partial charge in [0.15, 0.2) is 6.10 Å². The van der Waals surface area contributed by atoms with Crippen molar-refractivity contribution >= 4 is 5.91 Å². The molecule has 0 aliphatic heterocycles. The van der Waals surface area contributed by atoms with Crippen LogP contribution in [0.25, 0.3) is 0 Å². The van der Waals surface area contributed by atoms with E-state index in [0.717, 1.165) is 24.8 Å². The fourth-order valence-corrected chi connectivity index (χ4v) is 2.66. The predicted octanol–water partition coefficient (Wildman–Crippen LogP) is 1.62. The molecule has 1 aliphatic carbocycles. The number of amides is 1. The molecule has 1 aliphatic rings. The second-order valence-electron chi connectivity index (χ2n) is 5.21. The minimum absolute atomic E-state index is 0.0748. The van der Waals surface area contributed by atoms with Crippen LogP contribution in [-0.2, 0) is 9.53 Å². The average Bonchev–Trinajstić information content (AvgIpc) is 2.84. The maximum Gasteiger partial charge on any atom is 0.253 e. The number of hydrogen-bond acceptors (Lipinski definition) is 3. The summed E-state index contributed by atoms with van der Waals surface area (Å²) in [5, 5.41) is 2.98. The summed E-state index contributed by atoms with van der Waals surface area (Å²) in [5.74, 6) is 0.432. The lowest BCUT2D eigenvalue weighted by molar-refractivity contribution is -0.131. The smallest absolute Gasteiger partial charge is 0.253 e. The van der Waals surface area contributed by atoms with E-state index in [-0.39, 0.29) is 5.91 Å². The van der Waals surface area contributed by atoms with Gasteiger partial charge in [-0.05, 0) is 30.7 Å². The van der Waals surface area contributed by atoms with Crippen molar-refractivity contribution < 1.29 is 9.53 Å². The van der Waals surface area contributed by atoms with Gasteiger partial charge in [-0.3, -0.25) is 4.79 Å². The summed E-state index contributed by atoms with van der Waals surface area (Å²) in [6.07, 6.45) is 2.64. The monoisotopic (exact) mass is 262 g/mol. The van der Waals surface area contributed by atoms with Crippen LogP contribution in [0.3, 0.4) is 0 Å². The van der Waals surface area contributed by atoms with Crippen molar-refractivity contribution in [1.82, 2.24) is 5.32 Å². The average molecular weight is 262 g/mol. The molecule has 0 heterocycles. The van der Waals surface area contributed by atoms with E-state index in [1.807, 2.05) is 30.3 Å². The van der Waals surface area contributed by atoms with E-state index in [2.05, 4.69) is 5.32 Å². The van der Waals surface area contributed by atoms with Crippen LogP contribution in [0.1, 0.15) is 30.9 Å². The number of ether oxygens (including phenoxy) is 1. The van der Waals surface area contributed by atoms with Crippen LogP contribution in [0.2, 0.25) is 0 Å². The van der Waals surface area contributed by atoms with Crippen molar-refractivity contribution in [3.05, 3.63) is 35.9 Å². The van der Waals surface area contributed by atoms with Crippen LogP contribution in [0.15, 0.2) is 30.3 Å². The lowest BCUT2D eigenvalue weighted by Gasteiger charge is -2.17. The van der Waals surface area contributed by atoms with Gasteiger partial charge in [0.25, 0.3) is 5.91 Å². The van der Waals surface area contributed by atoms with Gasteiger partial charge in [-0.25, -0.2) is 0 Å². The Morgan fingerprint density at radius 1 is 1.42 bits per heavy atom. The Balaban J connectivity index is 1.87. The summed E-state index contributed by atoms with van der Waals surface area (Å²) in [5.41, 5.74) is 6.75. The Hall–Kier alpha value is -1.39. The maximum absolute atomic E-state index is 12.1. The Morgan fingerprint density at radius 2 is 2.16 bits per heavy atom. The third kappa shape index (κ3) is 3.78. The lowest BCUT2D eigenvalue weighted by Crippen LogP contribution is -2.34. The van der Waals surface area contributed by atoms with E-state index in [9.17, 15) is 4.79 Å². The molecule has 1 fully saturated rings. The SMILES string of the molecule is COC(C(=O)NCC1CCC(N)C1)c1ccccc1. The standard InChI is InChI=1S/C15H22N2O2/c1-19-14(12-5-3-2-4-6-12)15(18)17-10-11-7-8-13(16)9-11/h2-6,11,13-14H,7-10,16H2,1H3,(H,17,18). The van der Waals surface area contributed by atoms with E-state index >= 15 is 0 Å². The molecule has 2 rings (SSSR count). The van der Waals surface area contributed by atoms with Crippen LogP contribution in [-0.4, -0.2) is 25.6 Å². The minimum atomic E-state index is -0.531. The zero-order valence-electron chi connectivity index (χ0n) is 11.3. The summed E-state index contributed by atoms with van der Waals surface area (Å²) in [6.45, 7) is 0.694. The zero-order chi connectivity index (χ0) is 13.7. The predicted molar refractivity (Wildman–Crippen MR) is 74.5 cm³/mol. The fourth-order valence-electron chi connectivity index (χ4n) is 2.66. The molecule has 19 heavy (non-hydrogen) atoms. The Kier molecular flexibility index (Phi) is 4.93. The molecule has 0 saturated heterocycles. The first-order valence-corrected chi connectivity index (χ1v) is 6.81. The number of rotatable bonds is 5. The quantitative estimate of drug-likeness (QED) is 0.847. The molecule has 3 unspecified atom stereocenters. The molecule has 0 spiro atoms. The summed E-state index contributed by atoms with van der Waals surface area (Å²) in [6, 6.07) is 9.84. The molecular weight excluding hydrogens is 240 g/mol. The summed E-state index contributed by atoms with van der Waals surface area (Å²) >= 11 is 0. The van der Waals surface area contributed by atoms with Gasteiger partial charge < -0.3 is 15.8 Å². The highest BCUT2D eigenvalue weighted by molar-refractivity contribution is 5.82. The maximum atomic E-state index is 12.1. The van der Waals surface area contributed by atoms with E-state index in [1.54, 1.807) is 7.11 Å². The van der Waals surface area contributed by atoms with Gasteiger partial charge in [-0.15, -0.1) is 0 Å². The van der Waals surface area contributed by atoms with Gasteiger partial charge in [0.2, 0.25) is 0 Å². The van der Waals surface area contributed by atoms with Crippen molar-refractivity contribution in [1.29, 1.82) is 0 Å². The molecule has 0 bridgehead atoms. The molecule has 1 aromatic rings. The van der Waals surface area contributed by atoms with Gasteiger partial charge in [-0.2, -0.15) is 0 Å². The summed E-state index contributed by atoms with van der Waals surface area (Å²) in [7, 11) is 1.56. The van der Waals surface area contributed by atoms with Gasteiger partial charge >= 0.3 is 0 Å². The minimum Gasteiger partial charge on any atom is -0.367 e. The number of methoxy groups -OCH3 is 1. The van der Waals surface area contributed by atoms with Crippen molar-refractivity contribution in [2.45, 2.75) is 31.4 Å². The van der Waals surface area contributed by atoms with Crippen molar-refractivity contribution in [3.8, 4) is 0 Å². The molecule has 104 valence electrons. The van der Waals surface area contributed by atoms with Gasteiger partial charge in [-0.1, -0.05) is 30.3 Å². The molecular formula is C15H22N2O2. The third-order valence-electron chi connectivity index (χ3n) is 3.72. The molecule has 3 atom stereocenters. The van der Waals surface area contributed by atoms with Crippen LogP contribution in [0.4, 0.5) is 0 Å². The number of benzene rings is 1. The van der Waals surface area contributed by atoms with E-state index < -0.39 is 6.10 Å².